The maximum absolute atomic E-state index is 12.7. The molecule has 4 nitrogen and oxygen atoms in total. The van der Waals surface area contributed by atoms with E-state index in [0.717, 1.165) is 47.8 Å². The van der Waals surface area contributed by atoms with E-state index < -0.39 is 0 Å². The lowest BCUT2D eigenvalue weighted by molar-refractivity contribution is 0.0698. The number of hydrogen-bond donors (Lipinski definition) is 1. The minimum atomic E-state index is 0.120. The first-order chi connectivity index (χ1) is 10.7. The van der Waals surface area contributed by atoms with Crippen molar-refractivity contribution < 1.29 is 4.79 Å². The van der Waals surface area contributed by atoms with Gasteiger partial charge in [0.25, 0.3) is 5.91 Å². The second-order valence-corrected chi connectivity index (χ2v) is 6.61. The van der Waals surface area contributed by atoms with Crippen molar-refractivity contribution in [2.24, 2.45) is 0 Å². The summed E-state index contributed by atoms with van der Waals surface area (Å²) in [4.78, 5) is 19.2. The van der Waals surface area contributed by atoms with Crippen molar-refractivity contribution in [3.63, 3.8) is 0 Å². The highest BCUT2D eigenvalue weighted by molar-refractivity contribution is 7.13. The van der Waals surface area contributed by atoms with Crippen LogP contribution < -0.4 is 5.32 Å². The third kappa shape index (κ3) is 3.20. The Kier molecular flexibility index (Phi) is 4.55. The van der Waals surface area contributed by atoms with Gasteiger partial charge in [0.1, 0.15) is 5.01 Å². The number of carbonyl (C=O) groups excluding carboxylic acids is 1. The molecule has 1 saturated heterocycles. The van der Waals surface area contributed by atoms with Crippen molar-refractivity contribution in [1.29, 1.82) is 0 Å². The third-order valence-corrected chi connectivity index (χ3v) is 5.10. The minimum Gasteiger partial charge on any atom is -0.337 e. The Morgan fingerprint density at radius 3 is 3.05 bits per heavy atom. The highest BCUT2D eigenvalue weighted by atomic mass is 32.1. The fourth-order valence-corrected chi connectivity index (χ4v) is 3.65. The molecule has 2 aromatic rings. The number of rotatable bonds is 3. The molecule has 1 unspecified atom stereocenters. The van der Waals surface area contributed by atoms with Gasteiger partial charge in [-0.15, -0.1) is 11.3 Å². The zero-order valence-corrected chi connectivity index (χ0v) is 13.8. The maximum atomic E-state index is 12.7. The van der Waals surface area contributed by atoms with Crippen LogP contribution in [-0.4, -0.2) is 42.0 Å². The smallest absolute Gasteiger partial charge is 0.253 e. The fraction of sp³-hybridized carbons (Fsp3) is 0.412. The first-order valence-electron chi connectivity index (χ1n) is 7.66. The van der Waals surface area contributed by atoms with Crippen LogP contribution in [0.25, 0.3) is 10.6 Å². The van der Waals surface area contributed by atoms with Crippen LogP contribution in [0.2, 0.25) is 0 Å². The van der Waals surface area contributed by atoms with Crippen LogP contribution in [0.3, 0.4) is 0 Å². The Hall–Kier alpha value is -1.72. The number of amides is 1. The molecule has 0 bridgehead atoms. The summed E-state index contributed by atoms with van der Waals surface area (Å²) in [6, 6.07) is 8.22. The second kappa shape index (κ2) is 6.58. The fourth-order valence-electron chi connectivity index (χ4n) is 2.85. The first-order valence-corrected chi connectivity index (χ1v) is 8.54. The number of likely N-dealkylation sites (tertiary alicyclic amines) is 1. The quantitative estimate of drug-likeness (QED) is 0.947. The van der Waals surface area contributed by atoms with Crippen LogP contribution in [0.15, 0.2) is 29.6 Å². The number of thiazole rings is 1. The van der Waals surface area contributed by atoms with E-state index >= 15 is 0 Å². The minimum absolute atomic E-state index is 0.120. The summed E-state index contributed by atoms with van der Waals surface area (Å²) in [5.41, 5.74) is 2.79. The predicted octanol–water partition coefficient (Wildman–Crippen LogP) is 2.94. The summed E-state index contributed by atoms with van der Waals surface area (Å²) in [6.07, 6.45) is 2.20. The number of carbonyl (C=O) groups is 1. The van der Waals surface area contributed by atoms with Crippen molar-refractivity contribution in [3.8, 4) is 10.6 Å². The number of aryl methyl sites for hydroxylation is 1. The summed E-state index contributed by atoms with van der Waals surface area (Å²) in [7, 11) is 1.96. The summed E-state index contributed by atoms with van der Waals surface area (Å²) >= 11 is 1.62. The normalized spacial score (nSPS) is 18.5. The molecule has 1 aromatic carbocycles. The van der Waals surface area contributed by atoms with Gasteiger partial charge in [-0.1, -0.05) is 12.1 Å². The van der Waals surface area contributed by atoms with Crippen molar-refractivity contribution in [3.05, 3.63) is 40.9 Å². The lowest BCUT2D eigenvalue weighted by atomic mass is 10.0. The van der Waals surface area contributed by atoms with Crippen LogP contribution in [0.1, 0.15) is 28.9 Å². The van der Waals surface area contributed by atoms with Gasteiger partial charge in [-0.05, 0) is 38.9 Å². The number of aromatic nitrogens is 1. The Morgan fingerprint density at radius 1 is 1.45 bits per heavy atom. The van der Waals surface area contributed by atoms with E-state index in [1.165, 1.54) is 0 Å². The maximum Gasteiger partial charge on any atom is 0.253 e. The average molecular weight is 315 g/mol. The van der Waals surface area contributed by atoms with Crippen LogP contribution in [0.5, 0.6) is 0 Å². The van der Waals surface area contributed by atoms with Crippen molar-refractivity contribution in [2.75, 3.05) is 20.1 Å². The molecule has 1 aliphatic rings. The summed E-state index contributed by atoms with van der Waals surface area (Å²) in [5, 5.41) is 6.28. The summed E-state index contributed by atoms with van der Waals surface area (Å²) in [6.45, 7) is 3.62. The second-order valence-electron chi connectivity index (χ2n) is 5.75. The number of nitrogens with one attached hydrogen (secondary N) is 1. The Bertz CT molecular complexity index is 667. The summed E-state index contributed by atoms with van der Waals surface area (Å²) in [5.74, 6) is 0.120. The van der Waals surface area contributed by atoms with Gasteiger partial charge in [-0.3, -0.25) is 4.79 Å². The largest absolute Gasteiger partial charge is 0.337 e. The van der Waals surface area contributed by atoms with E-state index in [2.05, 4.69) is 10.3 Å². The summed E-state index contributed by atoms with van der Waals surface area (Å²) < 4.78 is 0. The molecule has 2 heterocycles. The molecule has 5 heteroatoms. The molecule has 22 heavy (non-hydrogen) atoms. The van der Waals surface area contributed by atoms with E-state index in [1.807, 2.05) is 48.5 Å². The SMILES string of the molecule is CNC1CCCN(C(=O)c2cccc(-c3nc(C)cs3)c2)C1. The van der Waals surface area contributed by atoms with Crippen LogP contribution in [-0.2, 0) is 0 Å². The van der Waals surface area contributed by atoms with Gasteiger partial charge in [0.05, 0.1) is 0 Å². The van der Waals surface area contributed by atoms with E-state index in [4.69, 9.17) is 0 Å². The van der Waals surface area contributed by atoms with Crippen LogP contribution in [0, 0.1) is 6.92 Å². The molecule has 1 fully saturated rings. The monoisotopic (exact) mass is 315 g/mol. The molecule has 116 valence electrons. The number of likely N-dealkylation sites (N-methyl/N-ethyl adjacent to an activating group) is 1. The molecule has 0 aliphatic carbocycles. The highest BCUT2D eigenvalue weighted by Crippen LogP contribution is 2.25. The lowest BCUT2D eigenvalue weighted by Gasteiger charge is -2.32. The zero-order chi connectivity index (χ0) is 15.5. The Balaban J connectivity index is 1.81. The predicted molar refractivity (Wildman–Crippen MR) is 90.3 cm³/mol. The van der Waals surface area contributed by atoms with Crippen molar-refractivity contribution in [2.45, 2.75) is 25.8 Å². The van der Waals surface area contributed by atoms with Crippen LogP contribution >= 0.6 is 11.3 Å². The van der Waals surface area contributed by atoms with Gasteiger partial charge in [0.2, 0.25) is 0 Å². The van der Waals surface area contributed by atoms with Crippen molar-refractivity contribution >= 4 is 17.2 Å². The third-order valence-electron chi connectivity index (χ3n) is 4.09. The molecular weight excluding hydrogens is 294 g/mol. The van der Waals surface area contributed by atoms with E-state index in [1.54, 1.807) is 11.3 Å². The zero-order valence-electron chi connectivity index (χ0n) is 13.0. The molecule has 1 aliphatic heterocycles. The van der Waals surface area contributed by atoms with Gasteiger partial charge < -0.3 is 10.2 Å². The molecule has 1 N–H and O–H groups in total. The molecule has 0 spiro atoms. The van der Waals surface area contributed by atoms with Gasteiger partial charge in [0.15, 0.2) is 0 Å². The van der Waals surface area contributed by atoms with Gasteiger partial charge in [0, 0.05) is 41.3 Å². The average Bonchev–Trinajstić information content (AvgIpc) is 3.01. The number of hydrogen-bond acceptors (Lipinski definition) is 4. The molecular formula is C17H21N3OS. The van der Waals surface area contributed by atoms with E-state index in [0.29, 0.717) is 6.04 Å². The molecule has 1 amide bonds. The molecule has 1 aromatic heterocycles. The van der Waals surface area contributed by atoms with Gasteiger partial charge in [-0.2, -0.15) is 0 Å². The van der Waals surface area contributed by atoms with E-state index in [-0.39, 0.29) is 5.91 Å². The van der Waals surface area contributed by atoms with Gasteiger partial charge in [-0.25, -0.2) is 4.98 Å². The molecule has 0 saturated carbocycles. The molecule has 1 atom stereocenters. The Morgan fingerprint density at radius 2 is 2.32 bits per heavy atom. The van der Waals surface area contributed by atoms with Gasteiger partial charge >= 0.3 is 0 Å². The topological polar surface area (TPSA) is 45.2 Å². The standard InChI is InChI=1S/C17H21N3OS/c1-12-11-22-16(19-12)13-5-3-6-14(9-13)17(21)20-8-4-7-15(10-20)18-2/h3,5-6,9,11,15,18H,4,7-8,10H2,1-2H3. The lowest BCUT2D eigenvalue weighted by Crippen LogP contribution is -2.46. The number of nitrogens with zero attached hydrogens (tertiary/aromatic N) is 2. The first kappa shape index (κ1) is 15.2. The molecule has 0 radical (unpaired) electrons. The molecule has 3 rings (SSSR count). The van der Waals surface area contributed by atoms with Crippen molar-refractivity contribution in [1.82, 2.24) is 15.2 Å². The number of benzene rings is 1. The highest BCUT2D eigenvalue weighted by Gasteiger charge is 2.23. The Labute approximate surface area is 135 Å². The van der Waals surface area contributed by atoms with E-state index in [9.17, 15) is 4.79 Å². The van der Waals surface area contributed by atoms with Crippen LogP contribution in [0.4, 0.5) is 0 Å². The number of piperidine rings is 1.